The summed E-state index contributed by atoms with van der Waals surface area (Å²) in [7, 11) is 1.61. The molecule has 1 fully saturated rings. The van der Waals surface area contributed by atoms with E-state index in [-0.39, 0.29) is 5.91 Å². The maximum absolute atomic E-state index is 13.3. The van der Waals surface area contributed by atoms with Crippen LogP contribution in [0.15, 0.2) is 96.0 Å². The van der Waals surface area contributed by atoms with Gasteiger partial charge in [-0.15, -0.1) is 0 Å². The predicted octanol–water partition coefficient (Wildman–Crippen LogP) is 5.95. The molecule has 5 rings (SSSR count). The van der Waals surface area contributed by atoms with Crippen molar-refractivity contribution in [3.05, 3.63) is 102 Å². The first-order valence-electron chi connectivity index (χ1n) is 10.3. The number of carbonyl (C=O) groups is 1. The van der Waals surface area contributed by atoms with Crippen LogP contribution >= 0.6 is 24.0 Å². The Labute approximate surface area is 201 Å². The summed E-state index contributed by atoms with van der Waals surface area (Å²) in [5.74, 6) is 0.571. The summed E-state index contributed by atoms with van der Waals surface area (Å²) in [4.78, 5) is 15.4. The third kappa shape index (κ3) is 4.20. The summed E-state index contributed by atoms with van der Waals surface area (Å²) in [5.41, 5.74) is 4.28. The number of anilines is 1. The molecular weight excluding hydrogens is 450 g/mol. The van der Waals surface area contributed by atoms with E-state index in [1.54, 1.807) is 12.0 Å². The number of para-hydroxylation sites is 1. The quantitative estimate of drug-likeness (QED) is 0.267. The number of methoxy groups -OCH3 is 1. The van der Waals surface area contributed by atoms with E-state index in [0.29, 0.717) is 14.9 Å². The van der Waals surface area contributed by atoms with Gasteiger partial charge in [0, 0.05) is 17.3 Å². The smallest absolute Gasteiger partial charge is 0.270 e. The highest BCUT2D eigenvalue weighted by Crippen LogP contribution is 2.37. The first kappa shape index (κ1) is 21.2. The fraction of sp³-hybridized carbons (Fsp3) is 0.0385. The lowest BCUT2D eigenvalue weighted by molar-refractivity contribution is -0.113. The maximum Gasteiger partial charge on any atom is 0.270 e. The summed E-state index contributed by atoms with van der Waals surface area (Å²) in [6, 6.07) is 27.1. The van der Waals surface area contributed by atoms with Gasteiger partial charge >= 0.3 is 0 Å². The summed E-state index contributed by atoms with van der Waals surface area (Å²) < 4.78 is 7.54. The van der Waals surface area contributed by atoms with Crippen molar-refractivity contribution in [2.24, 2.45) is 0 Å². The van der Waals surface area contributed by atoms with Crippen molar-refractivity contribution in [1.29, 1.82) is 0 Å². The van der Waals surface area contributed by atoms with Crippen molar-refractivity contribution < 1.29 is 9.53 Å². The molecule has 162 valence electrons. The zero-order chi connectivity index (χ0) is 22.8. The minimum atomic E-state index is -0.151. The normalized spacial score (nSPS) is 14.8. The van der Waals surface area contributed by atoms with Crippen LogP contribution in [0.1, 0.15) is 5.56 Å². The van der Waals surface area contributed by atoms with Gasteiger partial charge in [0.25, 0.3) is 5.91 Å². The number of amides is 1. The maximum atomic E-state index is 13.3. The molecule has 1 aliphatic rings. The van der Waals surface area contributed by atoms with E-state index in [9.17, 15) is 4.79 Å². The number of aromatic nitrogens is 2. The molecule has 1 aliphatic heterocycles. The van der Waals surface area contributed by atoms with Crippen LogP contribution in [0.4, 0.5) is 5.69 Å². The van der Waals surface area contributed by atoms with Gasteiger partial charge in [-0.1, -0.05) is 72.5 Å². The molecule has 0 unspecified atom stereocenters. The average molecular weight is 470 g/mol. The Bertz CT molecular complexity index is 1350. The number of benzene rings is 3. The van der Waals surface area contributed by atoms with Crippen LogP contribution in [0.25, 0.3) is 23.0 Å². The van der Waals surface area contributed by atoms with Crippen LogP contribution in [0, 0.1) is 0 Å². The number of nitrogens with zero attached hydrogens (tertiary/aromatic N) is 3. The van der Waals surface area contributed by atoms with E-state index in [2.05, 4.69) is 0 Å². The number of hydrogen-bond donors (Lipinski definition) is 0. The monoisotopic (exact) mass is 469 g/mol. The Morgan fingerprint density at radius 2 is 1.58 bits per heavy atom. The fourth-order valence-electron chi connectivity index (χ4n) is 3.59. The van der Waals surface area contributed by atoms with Crippen LogP contribution in [0.5, 0.6) is 5.75 Å². The molecule has 2 heterocycles. The molecule has 0 spiro atoms. The third-order valence-corrected chi connectivity index (χ3v) is 6.52. The highest BCUT2D eigenvalue weighted by Gasteiger charge is 2.33. The molecular formula is C26H19N3O2S2. The molecule has 1 aromatic heterocycles. The van der Waals surface area contributed by atoms with Gasteiger partial charge in [0.2, 0.25) is 0 Å². The van der Waals surface area contributed by atoms with Gasteiger partial charge < -0.3 is 4.74 Å². The molecule has 33 heavy (non-hydrogen) atoms. The minimum absolute atomic E-state index is 0.151. The van der Waals surface area contributed by atoms with Gasteiger partial charge in [0.1, 0.15) is 5.75 Å². The largest absolute Gasteiger partial charge is 0.497 e. The van der Waals surface area contributed by atoms with E-state index in [0.717, 1.165) is 28.3 Å². The number of carbonyl (C=O) groups excluding carboxylic acids is 1. The van der Waals surface area contributed by atoms with Gasteiger partial charge in [0.05, 0.1) is 29.1 Å². The van der Waals surface area contributed by atoms with Gasteiger partial charge in [-0.25, -0.2) is 4.68 Å². The molecule has 0 bridgehead atoms. The molecule has 0 radical (unpaired) electrons. The van der Waals surface area contributed by atoms with Crippen molar-refractivity contribution >= 4 is 46.0 Å². The molecule has 1 amide bonds. The number of thiocarbonyl (C=S) groups is 1. The minimum Gasteiger partial charge on any atom is -0.497 e. The third-order valence-electron chi connectivity index (χ3n) is 5.22. The molecule has 3 aromatic carbocycles. The second-order valence-electron chi connectivity index (χ2n) is 7.29. The van der Waals surface area contributed by atoms with Crippen molar-refractivity contribution in [2.45, 2.75) is 0 Å². The lowest BCUT2D eigenvalue weighted by Gasteiger charge is -2.14. The lowest BCUT2D eigenvalue weighted by Crippen LogP contribution is -2.27. The number of ether oxygens (including phenoxy) is 1. The van der Waals surface area contributed by atoms with E-state index >= 15 is 0 Å². The zero-order valence-corrected chi connectivity index (χ0v) is 19.3. The van der Waals surface area contributed by atoms with Gasteiger partial charge in [0.15, 0.2) is 4.32 Å². The van der Waals surface area contributed by atoms with Crippen molar-refractivity contribution in [1.82, 2.24) is 9.78 Å². The van der Waals surface area contributed by atoms with Crippen LogP contribution < -0.4 is 9.64 Å². The Balaban J connectivity index is 1.55. The van der Waals surface area contributed by atoms with Crippen molar-refractivity contribution in [2.75, 3.05) is 12.0 Å². The van der Waals surface area contributed by atoms with Crippen LogP contribution in [0.2, 0.25) is 0 Å². The molecule has 7 heteroatoms. The van der Waals surface area contributed by atoms with Crippen molar-refractivity contribution in [3.8, 4) is 22.7 Å². The SMILES string of the molecule is COc1ccc(N2C(=O)/C(=C/c3cn(-c4ccccc4)nc3-c3ccccc3)SC2=S)cc1. The Hall–Kier alpha value is -3.68. The summed E-state index contributed by atoms with van der Waals surface area (Å²) in [5, 5.41) is 4.82. The average Bonchev–Trinajstić information content (AvgIpc) is 3.41. The van der Waals surface area contributed by atoms with E-state index in [1.807, 2.05) is 102 Å². The fourth-order valence-corrected chi connectivity index (χ4v) is 4.88. The van der Waals surface area contributed by atoms with E-state index in [4.69, 9.17) is 22.1 Å². The van der Waals surface area contributed by atoms with E-state index in [1.165, 1.54) is 11.8 Å². The molecule has 4 aromatic rings. The van der Waals surface area contributed by atoms with Crippen LogP contribution in [0.3, 0.4) is 0 Å². The second-order valence-corrected chi connectivity index (χ2v) is 8.97. The van der Waals surface area contributed by atoms with Crippen LogP contribution in [-0.4, -0.2) is 27.1 Å². The number of hydrogen-bond acceptors (Lipinski definition) is 5. The summed E-state index contributed by atoms with van der Waals surface area (Å²) in [6.07, 6.45) is 3.81. The predicted molar refractivity (Wildman–Crippen MR) is 138 cm³/mol. The van der Waals surface area contributed by atoms with Crippen molar-refractivity contribution in [3.63, 3.8) is 0 Å². The highest BCUT2D eigenvalue weighted by molar-refractivity contribution is 8.27. The van der Waals surface area contributed by atoms with E-state index < -0.39 is 0 Å². The zero-order valence-electron chi connectivity index (χ0n) is 17.7. The standard InChI is InChI=1S/C26H19N3O2S2/c1-31-22-14-12-21(13-15-22)29-25(30)23(33-26(29)32)16-19-17-28(20-10-6-3-7-11-20)27-24(19)18-8-4-2-5-9-18/h2-17H,1H3/b23-16-. The molecule has 0 N–H and O–H groups in total. The Morgan fingerprint density at radius 3 is 2.24 bits per heavy atom. The molecule has 0 aliphatic carbocycles. The molecule has 5 nitrogen and oxygen atoms in total. The Morgan fingerprint density at radius 1 is 0.909 bits per heavy atom. The molecule has 1 saturated heterocycles. The lowest BCUT2D eigenvalue weighted by atomic mass is 10.1. The molecule has 0 saturated carbocycles. The van der Waals surface area contributed by atoms with Gasteiger partial charge in [-0.05, 0) is 42.5 Å². The van der Waals surface area contributed by atoms with Crippen LogP contribution in [-0.2, 0) is 4.79 Å². The second kappa shape index (κ2) is 9.05. The Kier molecular flexibility index (Phi) is 5.81. The topological polar surface area (TPSA) is 47.4 Å². The number of thioether (sulfide) groups is 1. The summed E-state index contributed by atoms with van der Waals surface area (Å²) >= 11 is 6.83. The molecule has 0 atom stereocenters. The van der Waals surface area contributed by atoms with Gasteiger partial charge in [-0.3, -0.25) is 9.69 Å². The highest BCUT2D eigenvalue weighted by atomic mass is 32.2. The first-order valence-corrected chi connectivity index (χ1v) is 11.5. The van der Waals surface area contributed by atoms with Gasteiger partial charge in [-0.2, -0.15) is 5.10 Å². The first-order chi connectivity index (χ1) is 16.1. The number of rotatable bonds is 5. The summed E-state index contributed by atoms with van der Waals surface area (Å²) in [6.45, 7) is 0.